The van der Waals surface area contributed by atoms with Gasteiger partial charge in [-0.15, -0.1) is 0 Å². The lowest BCUT2D eigenvalue weighted by atomic mass is 10.1. The SMILES string of the molecule is COc1cccc(CCN2CCN(c3cc(Nc4ccc(Cl)cc4)nc(-c4ccccc4)n3)CC2)c1. The van der Waals surface area contributed by atoms with Crippen molar-refractivity contribution < 1.29 is 4.74 Å². The molecule has 7 heteroatoms. The minimum atomic E-state index is 0.707. The van der Waals surface area contributed by atoms with Crippen molar-refractivity contribution in [3.05, 3.63) is 95.5 Å². The van der Waals surface area contributed by atoms with Crippen molar-refractivity contribution >= 4 is 28.9 Å². The molecular weight excluding hydrogens is 470 g/mol. The molecule has 1 aliphatic heterocycles. The number of halogens is 1. The summed E-state index contributed by atoms with van der Waals surface area (Å²) < 4.78 is 5.36. The molecule has 0 unspecified atom stereocenters. The molecule has 1 aromatic heterocycles. The predicted molar refractivity (Wildman–Crippen MR) is 148 cm³/mol. The third-order valence-electron chi connectivity index (χ3n) is 6.41. The molecule has 0 spiro atoms. The van der Waals surface area contributed by atoms with Crippen LogP contribution in [0.25, 0.3) is 11.4 Å². The summed E-state index contributed by atoms with van der Waals surface area (Å²) in [4.78, 5) is 14.6. The molecule has 1 aliphatic rings. The second-order valence-electron chi connectivity index (χ2n) is 8.86. The molecule has 184 valence electrons. The number of benzene rings is 3. The quantitative estimate of drug-likeness (QED) is 0.325. The molecule has 1 saturated heterocycles. The lowest BCUT2D eigenvalue weighted by Gasteiger charge is -2.35. The zero-order valence-electron chi connectivity index (χ0n) is 20.4. The van der Waals surface area contributed by atoms with Gasteiger partial charge in [0.25, 0.3) is 0 Å². The van der Waals surface area contributed by atoms with Crippen molar-refractivity contribution in [3.8, 4) is 17.1 Å². The first-order valence-corrected chi connectivity index (χ1v) is 12.6. The minimum absolute atomic E-state index is 0.707. The Hall–Kier alpha value is -3.61. The molecular formula is C29H30ClN5O. The van der Waals surface area contributed by atoms with E-state index in [0.29, 0.717) is 10.8 Å². The molecule has 1 fully saturated rings. The van der Waals surface area contributed by atoms with E-state index in [1.165, 1.54) is 5.56 Å². The monoisotopic (exact) mass is 499 g/mol. The van der Waals surface area contributed by atoms with Crippen molar-refractivity contribution in [1.82, 2.24) is 14.9 Å². The van der Waals surface area contributed by atoms with E-state index in [9.17, 15) is 0 Å². The van der Waals surface area contributed by atoms with Gasteiger partial charge in [0.15, 0.2) is 5.82 Å². The number of piperazine rings is 1. The van der Waals surface area contributed by atoms with Crippen molar-refractivity contribution in [2.24, 2.45) is 0 Å². The van der Waals surface area contributed by atoms with Crippen LogP contribution in [-0.4, -0.2) is 54.7 Å². The number of anilines is 3. The van der Waals surface area contributed by atoms with Gasteiger partial charge < -0.3 is 15.0 Å². The maximum Gasteiger partial charge on any atom is 0.163 e. The summed E-state index contributed by atoms with van der Waals surface area (Å²) in [5.41, 5.74) is 3.24. The van der Waals surface area contributed by atoms with Gasteiger partial charge in [-0.25, -0.2) is 9.97 Å². The summed E-state index contributed by atoms with van der Waals surface area (Å²) in [5, 5.41) is 4.13. The van der Waals surface area contributed by atoms with Crippen LogP contribution in [-0.2, 0) is 6.42 Å². The van der Waals surface area contributed by atoms with Crippen LogP contribution in [0.2, 0.25) is 5.02 Å². The van der Waals surface area contributed by atoms with Gasteiger partial charge in [0.2, 0.25) is 0 Å². The highest BCUT2D eigenvalue weighted by Crippen LogP contribution is 2.26. The molecule has 2 heterocycles. The molecule has 0 amide bonds. The molecule has 5 rings (SSSR count). The molecule has 4 aromatic rings. The van der Waals surface area contributed by atoms with Crippen LogP contribution in [0, 0.1) is 0 Å². The number of aromatic nitrogens is 2. The first kappa shape index (κ1) is 24.1. The molecule has 36 heavy (non-hydrogen) atoms. The average molecular weight is 500 g/mol. The van der Waals surface area contributed by atoms with E-state index in [-0.39, 0.29) is 0 Å². The molecule has 3 aromatic carbocycles. The third-order valence-corrected chi connectivity index (χ3v) is 6.66. The van der Waals surface area contributed by atoms with Crippen LogP contribution in [0.5, 0.6) is 5.75 Å². The zero-order chi connectivity index (χ0) is 24.7. The van der Waals surface area contributed by atoms with Crippen LogP contribution in [0.15, 0.2) is 84.9 Å². The number of methoxy groups -OCH3 is 1. The highest BCUT2D eigenvalue weighted by Gasteiger charge is 2.20. The van der Waals surface area contributed by atoms with Crippen molar-refractivity contribution in [1.29, 1.82) is 0 Å². The summed E-state index contributed by atoms with van der Waals surface area (Å²) in [6.07, 6.45) is 1.01. The Bertz CT molecular complexity index is 1270. The normalized spacial score (nSPS) is 14.0. The van der Waals surface area contributed by atoms with Gasteiger partial charge >= 0.3 is 0 Å². The fourth-order valence-electron chi connectivity index (χ4n) is 4.37. The molecule has 0 radical (unpaired) electrons. The number of nitrogens with one attached hydrogen (secondary N) is 1. The Labute approximate surface area is 217 Å². The molecule has 1 N–H and O–H groups in total. The van der Waals surface area contributed by atoms with E-state index in [1.54, 1.807) is 7.11 Å². The maximum absolute atomic E-state index is 6.06. The van der Waals surface area contributed by atoms with Gasteiger partial charge in [-0.1, -0.05) is 54.1 Å². The Morgan fingerprint density at radius 2 is 1.64 bits per heavy atom. The maximum atomic E-state index is 6.06. The lowest BCUT2D eigenvalue weighted by molar-refractivity contribution is 0.260. The number of hydrogen-bond donors (Lipinski definition) is 1. The Kier molecular flexibility index (Phi) is 7.64. The van der Waals surface area contributed by atoms with E-state index in [4.69, 9.17) is 26.3 Å². The topological polar surface area (TPSA) is 53.5 Å². The van der Waals surface area contributed by atoms with E-state index in [2.05, 4.69) is 33.3 Å². The number of ether oxygens (including phenoxy) is 1. The summed E-state index contributed by atoms with van der Waals surface area (Å²) in [5.74, 6) is 3.33. The van der Waals surface area contributed by atoms with E-state index in [1.807, 2.05) is 66.7 Å². The number of nitrogens with zero attached hydrogens (tertiary/aromatic N) is 4. The standard InChI is InChI=1S/C29H30ClN5O/c1-36-26-9-5-6-22(20-26)14-15-34-16-18-35(19-17-34)28-21-27(31-25-12-10-24(30)11-13-25)32-29(33-28)23-7-3-2-4-8-23/h2-13,20-21H,14-19H2,1H3,(H,31,32,33). The highest BCUT2D eigenvalue weighted by atomic mass is 35.5. The summed E-state index contributed by atoms with van der Waals surface area (Å²) >= 11 is 6.06. The zero-order valence-corrected chi connectivity index (χ0v) is 21.2. The summed E-state index contributed by atoms with van der Waals surface area (Å²) in [6.45, 7) is 4.86. The lowest BCUT2D eigenvalue weighted by Crippen LogP contribution is -2.47. The fraction of sp³-hybridized carbons (Fsp3) is 0.241. The number of rotatable bonds is 8. The Morgan fingerprint density at radius 1 is 0.861 bits per heavy atom. The predicted octanol–water partition coefficient (Wildman–Crippen LogP) is 5.91. The summed E-state index contributed by atoms with van der Waals surface area (Å²) in [6, 6.07) is 28.1. The molecule has 0 atom stereocenters. The largest absolute Gasteiger partial charge is 0.497 e. The fourth-order valence-corrected chi connectivity index (χ4v) is 4.50. The Morgan fingerprint density at radius 3 is 2.39 bits per heavy atom. The summed E-state index contributed by atoms with van der Waals surface area (Å²) in [7, 11) is 1.71. The first-order chi connectivity index (χ1) is 17.7. The van der Waals surface area contributed by atoms with Crippen LogP contribution in [0.4, 0.5) is 17.3 Å². The van der Waals surface area contributed by atoms with Gasteiger partial charge in [-0.3, -0.25) is 4.90 Å². The van der Waals surface area contributed by atoms with E-state index >= 15 is 0 Å². The van der Waals surface area contributed by atoms with Gasteiger partial charge in [-0.05, 0) is 48.4 Å². The third kappa shape index (κ3) is 6.14. The second kappa shape index (κ2) is 11.4. The van der Waals surface area contributed by atoms with Crippen LogP contribution in [0.3, 0.4) is 0 Å². The van der Waals surface area contributed by atoms with Crippen LogP contribution >= 0.6 is 11.6 Å². The van der Waals surface area contributed by atoms with E-state index in [0.717, 1.165) is 67.8 Å². The van der Waals surface area contributed by atoms with Crippen molar-refractivity contribution in [3.63, 3.8) is 0 Å². The molecule has 0 aliphatic carbocycles. The molecule has 0 bridgehead atoms. The van der Waals surface area contributed by atoms with E-state index < -0.39 is 0 Å². The molecule has 6 nitrogen and oxygen atoms in total. The van der Waals surface area contributed by atoms with Gasteiger partial charge in [0.1, 0.15) is 17.4 Å². The second-order valence-corrected chi connectivity index (χ2v) is 9.30. The van der Waals surface area contributed by atoms with Crippen LogP contribution < -0.4 is 15.0 Å². The first-order valence-electron chi connectivity index (χ1n) is 12.2. The van der Waals surface area contributed by atoms with Crippen LogP contribution in [0.1, 0.15) is 5.56 Å². The number of hydrogen-bond acceptors (Lipinski definition) is 6. The Balaban J connectivity index is 1.29. The van der Waals surface area contributed by atoms with Crippen molar-refractivity contribution in [2.45, 2.75) is 6.42 Å². The average Bonchev–Trinajstić information content (AvgIpc) is 2.94. The van der Waals surface area contributed by atoms with Crippen molar-refractivity contribution in [2.75, 3.05) is 50.1 Å². The van der Waals surface area contributed by atoms with Gasteiger partial charge in [0, 0.05) is 55.1 Å². The smallest absolute Gasteiger partial charge is 0.163 e. The van der Waals surface area contributed by atoms with Gasteiger partial charge in [0.05, 0.1) is 7.11 Å². The van der Waals surface area contributed by atoms with Gasteiger partial charge in [-0.2, -0.15) is 0 Å². The highest BCUT2D eigenvalue weighted by molar-refractivity contribution is 6.30. The minimum Gasteiger partial charge on any atom is -0.497 e. The molecule has 0 saturated carbocycles.